The highest BCUT2D eigenvalue weighted by Crippen LogP contribution is 2.33. The molecule has 2 rings (SSSR count). The Morgan fingerprint density at radius 3 is 2.94 bits per heavy atom. The summed E-state index contributed by atoms with van der Waals surface area (Å²) in [6, 6.07) is 4.45. The Bertz CT molecular complexity index is 306. The minimum absolute atomic E-state index is 0.808. The van der Waals surface area contributed by atoms with Crippen molar-refractivity contribution in [2.24, 2.45) is 11.8 Å². The van der Waals surface area contributed by atoms with Crippen molar-refractivity contribution in [1.82, 2.24) is 5.32 Å². The van der Waals surface area contributed by atoms with Crippen LogP contribution >= 0.6 is 11.3 Å². The molecule has 1 fully saturated rings. The minimum Gasteiger partial charge on any atom is -0.383 e. The highest BCUT2D eigenvalue weighted by atomic mass is 32.1. The number of thiophene rings is 1. The molecule has 1 atom stereocenters. The molecular formula is C15H25NOS. The SMILES string of the molecule is COCCNCC(Cc1cccs1)C1CCCC1. The third-order valence-corrected chi connectivity index (χ3v) is 4.90. The van der Waals surface area contributed by atoms with Gasteiger partial charge in [-0.15, -0.1) is 11.3 Å². The van der Waals surface area contributed by atoms with Gasteiger partial charge in [-0.1, -0.05) is 31.7 Å². The van der Waals surface area contributed by atoms with E-state index in [1.165, 1.54) is 32.1 Å². The Morgan fingerprint density at radius 1 is 1.44 bits per heavy atom. The maximum atomic E-state index is 5.09. The Kier molecular flexibility index (Phi) is 6.18. The van der Waals surface area contributed by atoms with Crippen molar-refractivity contribution in [2.75, 3.05) is 26.8 Å². The standard InChI is InChI=1S/C15H25NOS/c1-17-9-8-16-12-14(13-5-2-3-6-13)11-15-7-4-10-18-15/h4,7,10,13-14,16H,2-3,5-6,8-9,11-12H2,1H3. The molecule has 0 aromatic carbocycles. The van der Waals surface area contributed by atoms with E-state index >= 15 is 0 Å². The molecule has 1 heterocycles. The van der Waals surface area contributed by atoms with E-state index in [-0.39, 0.29) is 0 Å². The first-order valence-electron chi connectivity index (χ1n) is 7.12. The van der Waals surface area contributed by atoms with Crippen molar-refractivity contribution in [3.05, 3.63) is 22.4 Å². The molecule has 2 nitrogen and oxygen atoms in total. The summed E-state index contributed by atoms with van der Waals surface area (Å²) in [4.78, 5) is 1.54. The van der Waals surface area contributed by atoms with Crippen molar-refractivity contribution < 1.29 is 4.74 Å². The average Bonchev–Trinajstić information content (AvgIpc) is 3.05. The molecule has 102 valence electrons. The predicted molar refractivity (Wildman–Crippen MR) is 78.2 cm³/mol. The fourth-order valence-electron chi connectivity index (χ4n) is 2.98. The van der Waals surface area contributed by atoms with Gasteiger partial charge in [-0.3, -0.25) is 0 Å². The first kappa shape index (κ1) is 14.0. The van der Waals surface area contributed by atoms with Crippen molar-refractivity contribution in [3.63, 3.8) is 0 Å². The van der Waals surface area contributed by atoms with Gasteiger partial charge in [0.1, 0.15) is 0 Å². The molecule has 3 heteroatoms. The molecule has 18 heavy (non-hydrogen) atoms. The number of methoxy groups -OCH3 is 1. The van der Waals surface area contributed by atoms with Gasteiger partial charge in [-0.2, -0.15) is 0 Å². The molecule has 0 radical (unpaired) electrons. The maximum Gasteiger partial charge on any atom is 0.0587 e. The molecule has 0 saturated heterocycles. The van der Waals surface area contributed by atoms with Gasteiger partial charge >= 0.3 is 0 Å². The van der Waals surface area contributed by atoms with Crippen LogP contribution in [-0.4, -0.2) is 26.8 Å². The third-order valence-electron chi connectivity index (χ3n) is 4.00. The van der Waals surface area contributed by atoms with Crippen LogP contribution in [0.1, 0.15) is 30.6 Å². The largest absolute Gasteiger partial charge is 0.383 e. The lowest BCUT2D eigenvalue weighted by Gasteiger charge is -2.23. The highest BCUT2D eigenvalue weighted by molar-refractivity contribution is 7.09. The number of rotatable bonds is 8. The zero-order valence-electron chi connectivity index (χ0n) is 11.4. The van der Waals surface area contributed by atoms with Gasteiger partial charge in [0.15, 0.2) is 0 Å². The summed E-state index contributed by atoms with van der Waals surface area (Å²) in [7, 11) is 1.77. The summed E-state index contributed by atoms with van der Waals surface area (Å²) >= 11 is 1.90. The fourth-order valence-corrected chi connectivity index (χ4v) is 3.78. The predicted octanol–water partition coefficient (Wildman–Crippen LogP) is 3.33. The van der Waals surface area contributed by atoms with Crippen molar-refractivity contribution >= 4 is 11.3 Å². The Morgan fingerprint density at radius 2 is 2.28 bits per heavy atom. The van der Waals surface area contributed by atoms with Crippen LogP contribution in [0.5, 0.6) is 0 Å². The zero-order chi connectivity index (χ0) is 12.6. The van der Waals surface area contributed by atoms with Crippen LogP contribution in [0.15, 0.2) is 17.5 Å². The van der Waals surface area contributed by atoms with Crippen molar-refractivity contribution in [2.45, 2.75) is 32.1 Å². The lowest BCUT2D eigenvalue weighted by atomic mass is 9.87. The zero-order valence-corrected chi connectivity index (χ0v) is 12.2. The molecule has 0 spiro atoms. The van der Waals surface area contributed by atoms with E-state index in [9.17, 15) is 0 Å². The van der Waals surface area contributed by atoms with E-state index in [1.54, 1.807) is 12.0 Å². The summed E-state index contributed by atoms with van der Waals surface area (Å²) < 4.78 is 5.09. The van der Waals surface area contributed by atoms with Gasteiger partial charge in [0.2, 0.25) is 0 Å². The van der Waals surface area contributed by atoms with E-state index in [0.29, 0.717) is 0 Å². The van der Waals surface area contributed by atoms with Crippen LogP contribution in [0.25, 0.3) is 0 Å². The normalized spacial score (nSPS) is 18.3. The number of hydrogen-bond acceptors (Lipinski definition) is 3. The second-order valence-corrected chi connectivity index (χ2v) is 6.32. The molecule has 1 aromatic heterocycles. The van der Waals surface area contributed by atoms with E-state index < -0.39 is 0 Å². The molecule has 0 bridgehead atoms. The van der Waals surface area contributed by atoms with Gasteiger partial charge in [0.05, 0.1) is 6.61 Å². The van der Waals surface area contributed by atoms with Crippen LogP contribution in [0.3, 0.4) is 0 Å². The van der Waals surface area contributed by atoms with Crippen LogP contribution in [0, 0.1) is 11.8 Å². The summed E-state index contributed by atoms with van der Waals surface area (Å²) in [5, 5.41) is 5.75. The van der Waals surface area contributed by atoms with E-state index in [4.69, 9.17) is 4.74 Å². The first-order valence-corrected chi connectivity index (χ1v) is 8.00. The molecule has 0 aliphatic heterocycles. The molecule has 1 aliphatic rings. The minimum atomic E-state index is 0.808. The monoisotopic (exact) mass is 267 g/mol. The van der Waals surface area contributed by atoms with Gasteiger partial charge < -0.3 is 10.1 Å². The lowest BCUT2D eigenvalue weighted by molar-refractivity contribution is 0.195. The summed E-state index contributed by atoms with van der Waals surface area (Å²) in [5.74, 6) is 1.74. The Balaban J connectivity index is 1.81. The van der Waals surface area contributed by atoms with E-state index in [0.717, 1.165) is 31.5 Å². The number of nitrogens with one attached hydrogen (secondary N) is 1. The third kappa shape index (κ3) is 4.38. The van der Waals surface area contributed by atoms with Crippen molar-refractivity contribution in [1.29, 1.82) is 0 Å². The molecule has 0 amide bonds. The van der Waals surface area contributed by atoms with Gasteiger partial charge in [-0.05, 0) is 36.2 Å². The summed E-state index contributed by atoms with van der Waals surface area (Å²) in [5.41, 5.74) is 0. The molecular weight excluding hydrogens is 242 g/mol. The van der Waals surface area contributed by atoms with Gasteiger partial charge in [0, 0.05) is 18.5 Å². The fraction of sp³-hybridized carbons (Fsp3) is 0.733. The van der Waals surface area contributed by atoms with Crippen LogP contribution < -0.4 is 5.32 Å². The van der Waals surface area contributed by atoms with Crippen molar-refractivity contribution in [3.8, 4) is 0 Å². The maximum absolute atomic E-state index is 5.09. The molecule has 1 unspecified atom stereocenters. The average molecular weight is 267 g/mol. The summed E-state index contributed by atoms with van der Waals surface area (Å²) in [6.07, 6.45) is 6.99. The first-order chi connectivity index (χ1) is 8.90. The van der Waals surface area contributed by atoms with E-state index in [1.807, 2.05) is 11.3 Å². The lowest BCUT2D eigenvalue weighted by Crippen LogP contribution is -2.30. The number of ether oxygens (including phenoxy) is 1. The van der Waals surface area contributed by atoms with Gasteiger partial charge in [0.25, 0.3) is 0 Å². The molecule has 1 aliphatic carbocycles. The van der Waals surface area contributed by atoms with Crippen LogP contribution in [0.4, 0.5) is 0 Å². The quantitative estimate of drug-likeness (QED) is 0.730. The molecule has 1 saturated carbocycles. The summed E-state index contributed by atoms with van der Waals surface area (Å²) in [6.45, 7) is 2.94. The topological polar surface area (TPSA) is 21.3 Å². The van der Waals surface area contributed by atoms with Gasteiger partial charge in [-0.25, -0.2) is 0 Å². The highest BCUT2D eigenvalue weighted by Gasteiger charge is 2.25. The Hall–Kier alpha value is -0.380. The van der Waals surface area contributed by atoms with Crippen LogP contribution in [-0.2, 0) is 11.2 Å². The molecule has 1 N–H and O–H groups in total. The van der Waals surface area contributed by atoms with E-state index in [2.05, 4.69) is 22.8 Å². The second-order valence-electron chi connectivity index (χ2n) is 5.29. The second kappa shape index (κ2) is 7.93. The van der Waals surface area contributed by atoms with Crippen LogP contribution in [0.2, 0.25) is 0 Å². The number of hydrogen-bond donors (Lipinski definition) is 1. The Labute approximate surface area is 115 Å². The molecule has 1 aromatic rings. The smallest absolute Gasteiger partial charge is 0.0587 e.